The third-order valence-corrected chi connectivity index (χ3v) is 3.25. The Morgan fingerprint density at radius 3 is 2.67 bits per heavy atom. The summed E-state index contributed by atoms with van der Waals surface area (Å²) in [6.07, 6.45) is 0. The molecule has 0 atom stereocenters. The molecule has 1 aromatic rings. The zero-order chi connectivity index (χ0) is 13.5. The number of hydrogen-bond donors (Lipinski definition) is 2. The van der Waals surface area contributed by atoms with E-state index in [1.807, 2.05) is 13.0 Å². The Bertz CT molecular complexity index is 408. The van der Waals surface area contributed by atoms with Crippen LogP contribution in [-0.2, 0) is 4.79 Å². The zero-order valence-electron chi connectivity index (χ0n) is 10.9. The molecule has 1 rings (SSSR count). The lowest BCUT2D eigenvalue weighted by atomic mass is 10.4. The van der Waals surface area contributed by atoms with E-state index in [4.69, 9.17) is 5.84 Å². The molecule has 0 aliphatic heterocycles. The van der Waals surface area contributed by atoms with E-state index in [2.05, 4.69) is 34.1 Å². The van der Waals surface area contributed by atoms with Crippen molar-refractivity contribution < 1.29 is 4.79 Å². The zero-order valence-corrected chi connectivity index (χ0v) is 11.8. The molecule has 0 saturated heterocycles. The molecular formula is C11H19N5OS. The molecule has 0 fully saturated rings. The van der Waals surface area contributed by atoms with Gasteiger partial charge in [0.15, 0.2) is 5.16 Å². The number of thioether (sulfide) groups is 1. The van der Waals surface area contributed by atoms with Gasteiger partial charge in [-0.15, -0.1) is 0 Å². The Morgan fingerprint density at radius 2 is 2.11 bits per heavy atom. The van der Waals surface area contributed by atoms with E-state index in [1.54, 1.807) is 0 Å². The third kappa shape index (κ3) is 4.15. The number of nitrogens with two attached hydrogens (primary N) is 1. The number of rotatable bonds is 6. The molecule has 0 bridgehead atoms. The van der Waals surface area contributed by atoms with Crippen molar-refractivity contribution in [3.05, 3.63) is 11.8 Å². The molecule has 1 amide bonds. The molecule has 0 aromatic carbocycles. The van der Waals surface area contributed by atoms with E-state index >= 15 is 0 Å². The molecule has 0 saturated carbocycles. The molecule has 7 heteroatoms. The van der Waals surface area contributed by atoms with Crippen molar-refractivity contribution in [2.24, 2.45) is 5.84 Å². The highest BCUT2D eigenvalue weighted by Crippen LogP contribution is 2.18. The van der Waals surface area contributed by atoms with Crippen molar-refractivity contribution in [3.63, 3.8) is 0 Å². The molecule has 0 unspecified atom stereocenters. The fourth-order valence-corrected chi connectivity index (χ4v) is 2.18. The van der Waals surface area contributed by atoms with Gasteiger partial charge in [-0.25, -0.2) is 15.8 Å². The second kappa shape index (κ2) is 7.17. The van der Waals surface area contributed by atoms with E-state index in [0.29, 0.717) is 5.16 Å². The number of nitrogens with one attached hydrogen (secondary N) is 1. The molecule has 0 aliphatic carbocycles. The van der Waals surface area contributed by atoms with Gasteiger partial charge in [0, 0.05) is 24.8 Å². The normalized spacial score (nSPS) is 10.2. The van der Waals surface area contributed by atoms with Crippen LogP contribution < -0.4 is 16.2 Å². The van der Waals surface area contributed by atoms with Crippen LogP contribution in [0.15, 0.2) is 11.2 Å². The van der Waals surface area contributed by atoms with Crippen LogP contribution in [0.5, 0.6) is 0 Å². The maximum atomic E-state index is 11.1. The van der Waals surface area contributed by atoms with Gasteiger partial charge in [0.25, 0.3) is 0 Å². The van der Waals surface area contributed by atoms with E-state index < -0.39 is 0 Å². The minimum absolute atomic E-state index is 0.220. The summed E-state index contributed by atoms with van der Waals surface area (Å²) in [7, 11) is 0. The average molecular weight is 269 g/mol. The summed E-state index contributed by atoms with van der Waals surface area (Å²) < 4.78 is 0. The second-order valence-electron chi connectivity index (χ2n) is 3.68. The number of hydrogen-bond acceptors (Lipinski definition) is 6. The quantitative estimate of drug-likeness (QED) is 0.260. The average Bonchev–Trinajstić information content (AvgIpc) is 2.37. The first-order valence-electron chi connectivity index (χ1n) is 5.83. The number of anilines is 1. The lowest BCUT2D eigenvalue weighted by Gasteiger charge is -2.20. The number of carbonyl (C=O) groups is 1. The molecule has 0 spiro atoms. The summed E-state index contributed by atoms with van der Waals surface area (Å²) in [5, 5.41) is 0.598. The van der Waals surface area contributed by atoms with Crippen LogP contribution in [0.25, 0.3) is 0 Å². The summed E-state index contributed by atoms with van der Waals surface area (Å²) in [4.78, 5) is 22.0. The number of hydrazine groups is 1. The Morgan fingerprint density at radius 1 is 1.44 bits per heavy atom. The van der Waals surface area contributed by atoms with Crippen LogP contribution in [0.4, 0.5) is 5.82 Å². The Hall–Kier alpha value is -1.34. The van der Waals surface area contributed by atoms with Crippen LogP contribution in [-0.4, -0.2) is 34.7 Å². The number of nitrogens with zero attached hydrogens (tertiary/aromatic N) is 3. The topological polar surface area (TPSA) is 84.1 Å². The highest BCUT2D eigenvalue weighted by atomic mass is 32.2. The Kier molecular flexibility index (Phi) is 5.87. The predicted octanol–water partition coefficient (Wildman–Crippen LogP) is 0.713. The van der Waals surface area contributed by atoms with Crippen LogP contribution in [0.3, 0.4) is 0 Å². The van der Waals surface area contributed by atoms with Crippen molar-refractivity contribution in [3.8, 4) is 0 Å². The maximum absolute atomic E-state index is 11.1. The SMILES string of the molecule is CCN(CC)c1cc(C)nc(SCC(=O)NN)n1. The van der Waals surface area contributed by atoms with Gasteiger partial charge in [0.2, 0.25) is 5.91 Å². The predicted molar refractivity (Wildman–Crippen MR) is 73.4 cm³/mol. The minimum atomic E-state index is -0.241. The smallest absolute Gasteiger partial charge is 0.244 e. The molecule has 1 aromatic heterocycles. The van der Waals surface area contributed by atoms with Crippen molar-refractivity contribution in [1.29, 1.82) is 0 Å². The molecule has 0 aliphatic rings. The van der Waals surface area contributed by atoms with E-state index in [1.165, 1.54) is 11.8 Å². The molecule has 0 radical (unpaired) electrons. The first kappa shape index (κ1) is 14.7. The molecule has 3 N–H and O–H groups in total. The Balaban J connectivity index is 2.83. The first-order chi connectivity index (χ1) is 8.60. The van der Waals surface area contributed by atoms with Gasteiger partial charge < -0.3 is 4.90 Å². The van der Waals surface area contributed by atoms with Gasteiger partial charge in [0.1, 0.15) is 5.82 Å². The maximum Gasteiger partial charge on any atom is 0.244 e. The van der Waals surface area contributed by atoms with Gasteiger partial charge in [-0.2, -0.15) is 0 Å². The van der Waals surface area contributed by atoms with E-state index in [-0.39, 0.29) is 11.7 Å². The minimum Gasteiger partial charge on any atom is -0.357 e. The van der Waals surface area contributed by atoms with E-state index in [0.717, 1.165) is 24.6 Å². The number of aromatic nitrogens is 2. The number of amides is 1. The lowest BCUT2D eigenvalue weighted by molar-refractivity contribution is -0.118. The highest BCUT2D eigenvalue weighted by molar-refractivity contribution is 7.99. The van der Waals surface area contributed by atoms with Crippen molar-refractivity contribution in [2.75, 3.05) is 23.7 Å². The molecule has 100 valence electrons. The third-order valence-electron chi connectivity index (χ3n) is 2.40. The summed E-state index contributed by atoms with van der Waals surface area (Å²) in [5.74, 6) is 5.90. The van der Waals surface area contributed by atoms with Gasteiger partial charge in [-0.1, -0.05) is 11.8 Å². The van der Waals surface area contributed by atoms with Gasteiger partial charge >= 0.3 is 0 Å². The first-order valence-corrected chi connectivity index (χ1v) is 6.82. The molecule has 6 nitrogen and oxygen atoms in total. The fourth-order valence-electron chi connectivity index (χ4n) is 1.47. The summed E-state index contributed by atoms with van der Waals surface area (Å²) in [5.41, 5.74) is 2.98. The van der Waals surface area contributed by atoms with Crippen molar-refractivity contribution >= 4 is 23.5 Å². The second-order valence-corrected chi connectivity index (χ2v) is 4.62. The van der Waals surface area contributed by atoms with Crippen molar-refractivity contribution in [1.82, 2.24) is 15.4 Å². The number of carbonyl (C=O) groups excluding carboxylic acids is 1. The molecule has 1 heterocycles. The van der Waals surface area contributed by atoms with Crippen molar-refractivity contribution in [2.45, 2.75) is 25.9 Å². The molecular weight excluding hydrogens is 250 g/mol. The largest absolute Gasteiger partial charge is 0.357 e. The standard InChI is InChI=1S/C11H19N5OS/c1-4-16(5-2)9-6-8(3)13-11(14-9)18-7-10(17)15-12/h6H,4-5,7,12H2,1-3H3,(H,15,17). The van der Waals surface area contributed by atoms with Crippen LogP contribution >= 0.6 is 11.8 Å². The molecule has 18 heavy (non-hydrogen) atoms. The summed E-state index contributed by atoms with van der Waals surface area (Å²) in [6.45, 7) is 7.85. The van der Waals surface area contributed by atoms with Crippen LogP contribution in [0, 0.1) is 6.92 Å². The summed E-state index contributed by atoms with van der Waals surface area (Å²) >= 11 is 1.28. The lowest BCUT2D eigenvalue weighted by Crippen LogP contribution is -2.31. The Labute approximate surface area is 111 Å². The fraction of sp³-hybridized carbons (Fsp3) is 0.545. The van der Waals surface area contributed by atoms with Gasteiger partial charge in [-0.3, -0.25) is 10.2 Å². The monoisotopic (exact) mass is 269 g/mol. The highest BCUT2D eigenvalue weighted by Gasteiger charge is 2.09. The van der Waals surface area contributed by atoms with Crippen LogP contribution in [0.2, 0.25) is 0 Å². The number of aryl methyl sites for hydroxylation is 1. The van der Waals surface area contributed by atoms with Gasteiger partial charge in [-0.05, 0) is 20.8 Å². The van der Waals surface area contributed by atoms with E-state index in [9.17, 15) is 4.79 Å². The van der Waals surface area contributed by atoms with Crippen LogP contribution in [0.1, 0.15) is 19.5 Å². The summed E-state index contributed by atoms with van der Waals surface area (Å²) in [6, 6.07) is 1.94. The van der Waals surface area contributed by atoms with Gasteiger partial charge in [0.05, 0.1) is 5.75 Å².